The van der Waals surface area contributed by atoms with Crippen LogP contribution in [0.25, 0.3) is 0 Å². The molecular weight excluding hydrogens is 235 g/mol. The van der Waals surface area contributed by atoms with E-state index in [0.29, 0.717) is 5.82 Å². The minimum Gasteiger partial charge on any atom is -0.403 e. The smallest absolute Gasteiger partial charge is 0.403 e. The molecule has 2 atom stereocenters. The minimum absolute atomic E-state index is 0.0739. The molecule has 2 aliphatic rings. The largest absolute Gasteiger partial charge is 0.462 e. The van der Waals surface area contributed by atoms with Crippen LogP contribution in [0.15, 0.2) is 30.3 Å². The summed E-state index contributed by atoms with van der Waals surface area (Å²) in [6.45, 7) is 10.8. The van der Waals surface area contributed by atoms with Crippen molar-refractivity contribution < 1.29 is 9.31 Å². The normalized spacial score (nSPS) is 35.4. The van der Waals surface area contributed by atoms with Gasteiger partial charge in [0.2, 0.25) is 0 Å². The maximum Gasteiger partial charge on any atom is 0.462 e. The summed E-state index contributed by atoms with van der Waals surface area (Å²) in [5.74, 6) is 0.468. The molecule has 1 saturated heterocycles. The fraction of sp³-hybridized carbons (Fsp3) is 0.625. The highest BCUT2D eigenvalue weighted by Crippen LogP contribution is 2.62. The van der Waals surface area contributed by atoms with E-state index < -0.39 is 0 Å². The van der Waals surface area contributed by atoms with E-state index in [1.165, 1.54) is 5.56 Å². The Bertz CT molecular complexity index is 467. The summed E-state index contributed by atoms with van der Waals surface area (Å²) >= 11 is 0. The molecule has 0 aromatic heterocycles. The highest BCUT2D eigenvalue weighted by molar-refractivity contribution is 6.49. The van der Waals surface area contributed by atoms with Crippen LogP contribution >= 0.6 is 0 Å². The van der Waals surface area contributed by atoms with Gasteiger partial charge < -0.3 is 9.31 Å². The SMILES string of the molecule is CC1(C)OB([C@H]2C[C@]2(C)c2ccccc2)OC1(C)C. The maximum absolute atomic E-state index is 6.18. The summed E-state index contributed by atoms with van der Waals surface area (Å²) in [4.78, 5) is 0. The number of rotatable bonds is 2. The minimum atomic E-state index is -0.224. The number of hydrogen-bond donors (Lipinski definition) is 0. The van der Waals surface area contributed by atoms with Gasteiger partial charge in [0.05, 0.1) is 11.2 Å². The third kappa shape index (κ3) is 1.95. The van der Waals surface area contributed by atoms with Crippen molar-refractivity contribution in [3.05, 3.63) is 35.9 Å². The van der Waals surface area contributed by atoms with E-state index in [4.69, 9.17) is 9.31 Å². The zero-order chi connectivity index (χ0) is 13.9. The van der Waals surface area contributed by atoms with E-state index in [1.54, 1.807) is 0 Å². The molecule has 102 valence electrons. The molecule has 1 aliphatic carbocycles. The number of benzene rings is 1. The second kappa shape index (κ2) is 3.86. The van der Waals surface area contributed by atoms with Crippen LogP contribution in [-0.2, 0) is 14.7 Å². The van der Waals surface area contributed by atoms with Crippen molar-refractivity contribution in [1.82, 2.24) is 0 Å². The van der Waals surface area contributed by atoms with Crippen molar-refractivity contribution >= 4 is 7.12 Å². The fourth-order valence-corrected chi connectivity index (χ4v) is 3.00. The van der Waals surface area contributed by atoms with E-state index in [-0.39, 0.29) is 23.7 Å². The van der Waals surface area contributed by atoms with Gasteiger partial charge in [0.25, 0.3) is 0 Å². The quantitative estimate of drug-likeness (QED) is 0.751. The first kappa shape index (κ1) is 13.2. The molecule has 1 aromatic rings. The first-order valence-electron chi connectivity index (χ1n) is 7.17. The van der Waals surface area contributed by atoms with Crippen LogP contribution in [0.4, 0.5) is 0 Å². The molecule has 2 nitrogen and oxygen atoms in total. The standard InChI is InChI=1S/C16H23BO2/c1-14(2)15(3,4)19-17(18-14)13-11-16(13,5)12-9-7-6-8-10-12/h6-10,13H,11H2,1-5H3/t13-,16+/m0/s1. The van der Waals surface area contributed by atoms with Gasteiger partial charge >= 0.3 is 7.12 Å². The third-order valence-corrected chi connectivity index (χ3v) is 5.34. The summed E-state index contributed by atoms with van der Waals surface area (Å²) in [5.41, 5.74) is 1.16. The molecule has 2 fully saturated rings. The van der Waals surface area contributed by atoms with Crippen LogP contribution < -0.4 is 0 Å². The summed E-state index contributed by atoms with van der Waals surface area (Å²) < 4.78 is 12.4. The van der Waals surface area contributed by atoms with Gasteiger partial charge in [0.1, 0.15) is 0 Å². The molecule has 3 rings (SSSR count). The predicted octanol–water partition coefficient (Wildman–Crippen LogP) is 3.81. The van der Waals surface area contributed by atoms with Crippen molar-refractivity contribution in [2.75, 3.05) is 0 Å². The van der Waals surface area contributed by atoms with Crippen LogP contribution in [0.3, 0.4) is 0 Å². The first-order valence-corrected chi connectivity index (χ1v) is 7.17. The van der Waals surface area contributed by atoms with Crippen LogP contribution in [0.1, 0.15) is 46.6 Å². The van der Waals surface area contributed by atoms with Gasteiger partial charge in [-0.05, 0) is 45.1 Å². The predicted molar refractivity (Wildman–Crippen MR) is 78.2 cm³/mol. The zero-order valence-electron chi connectivity index (χ0n) is 12.6. The van der Waals surface area contributed by atoms with Gasteiger partial charge in [-0.25, -0.2) is 0 Å². The Morgan fingerprint density at radius 3 is 2.00 bits per heavy atom. The lowest BCUT2D eigenvalue weighted by molar-refractivity contribution is 0.00578. The maximum atomic E-state index is 6.18. The number of hydrogen-bond acceptors (Lipinski definition) is 2. The molecule has 0 N–H and O–H groups in total. The third-order valence-electron chi connectivity index (χ3n) is 5.34. The zero-order valence-corrected chi connectivity index (χ0v) is 12.6. The van der Waals surface area contributed by atoms with Crippen molar-refractivity contribution in [2.45, 2.75) is 63.5 Å². The Morgan fingerprint density at radius 1 is 0.947 bits per heavy atom. The Morgan fingerprint density at radius 2 is 1.47 bits per heavy atom. The highest BCUT2D eigenvalue weighted by atomic mass is 16.7. The Balaban J connectivity index is 1.78. The van der Waals surface area contributed by atoms with E-state index >= 15 is 0 Å². The highest BCUT2D eigenvalue weighted by Gasteiger charge is 2.65. The van der Waals surface area contributed by atoms with Crippen LogP contribution in [0, 0.1) is 0 Å². The Hall–Kier alpha value is -0.795. The van der Waals surface area contributed by atoms with Crippen LogP contribution in [0.5, 0.6) is 0 Å². The Labute approximate surface area is 116 Å². The molecular formula is C16H23BO2. The molecule has 0 bridgehead atoms. The topological polar surface area (TPSA) is 18.5 Å². The fourth-order valence-electron chi connectivity index (χ4n) is 3.00. The van der Waals surface area contributed by atoms with Crippen molar-refractivity contribution in [1.29, 1.82) is 0 Å². The molecule has 1 heterocycles. The summed E-state index contributed by atoms with van der Waals surface area (Å²) in [7, 11) is -0.0739. The molecule has 0 amide bonds. The molecule has 1 aromatic carbocycles. The molecule has 0 spiro atoms. The average molecular weight is 258 g/mol. The second-order valence-electron chi connectivity index (χ2n) is 7.22. The van der Waals surface area contributed by atoms with Crippen molar-refractivity contribution in [3.8, 4) is 0 Å². The van der Waals surface area contributed by atoms with E-state index in [1.807, 2.05) is 0 Å². The molecule has 0 radical (unpaired) electrons. The molecule has 1 saturated carbocycles. The van der Waals surface area contributed by atoms with Crippen molar-refractivity contribution in [3.63, 3.8) is 0 Å². The summed E-state index contributed by atoms with van der Waals surface area (Å²) in [6, 6.07) is 10.7. The molecule has 3 heteroatoms. The van der Waals surface area contributed by atoms with Gasteiger partial charge in [-0.3, -0.25) is 0 Å². The molecule has 1 aliphatic heterocycles. The van der Waals surface area contributed by atoms with Crippen LogP contribution in [0.2, 0.25) is 5.82 Å². The summed E-state index contributed by atoms with van der Waals surface area (Å²) in [6.07, 6.45) is 1.15. The van der Waals surface area contributed by atoms with E-state index in [9.17, 15) is 0 Å². The van der Waals surface area contributed by atoms with Crippen LogP contribution in [-0.4, -0.2) is 18.3 Å². The molecule has 0 unspecified atom stereocenters. The van der Waals surface area contributed by atoms with Gasteiger partial charge in [-0.1, -0.05) is 37.3 Å². The average Bonchev–Trinajstić information content (AvgIpc) is 2.97. The Kier molecular flexibility index (Phi) is 2.68. The monoisotopic (exact) mass is 258 g/mol. The van der Waals surface area contributed by atoms with Gasteiger partial charge in [-0.15, -0.1) is 0 Å². The lowest BCUT2D eigenvalue weighted by Gasteiger charge is -2.32. The first-order chi connectivity index (χ1) is 8.76. The van der Waals surface area contributed by atoms with Gasteiger partial charge in [0, 0.05) is 5.82 Å². The van der Waals surface area contributed by atoms with Gasteiger partial charge in [0.15, 0.2) is 0 Å². The lowest BCUT2D eigenvalue weighted by atomic mass is 9.75. The molecule has 19 heavy (non-hydrogen) atoms. The second-order valence-corrected chi connectivity index (χ2v) is 7.22. The lowest BCUT2D eigenvalue weighted by Crippen LogP contribution is -2.41. The van der Waals surface area contributed by atoms with Crippen molar-refractivity contribution in [2.24, 2.45) is 0 Å². The summed E-state index contributed by atoms with van der Waals surface area (Å²) in [5, 5.41) is 0. The van der Waals surface area contributed by atoms with E-state index in [2.05, 4.69) is 65.0 Å². The van der Waals surface area contributed by atoms with Gasteiger partial charge in [-0.2, -0.15) is 0 Å². The van der Waals surface area contributed by atoms with E-state index in [0.717, 1.165) is 6.42 Å².